The van der Waals surface area contributed by atoms with Gasteiger partial charge in [0.2, 0.25) is 0 Å². The van der Waals surface area contributed by atoms with Crippen molar-refractivity contribution in [3.05, 3.63) is 28.7 Å². The first-order valence-corrected chi connectivity index (χ1v) is 6.74. The van der Waals surface area contributed by atoms with Crippen molar-refractivity contribution in [2.45, 2.75) is 18.2 Å². The van der Waals surface area contributed by atoms with E-state index in [2.05, 4.69) is 4.98 Å². The molecule has 0 aliphatic carbocycles. The van der Waals surface area contributed by atoms with E-state index in [9.17, 15) is 4.79 Å². The zero-order chi connectivity index (χ0) is 11.8. The third-order valence-corrected chi connectivity index (χ3v) is 4.47. The molecule has 0 bridgehead atoms. The van der Waals surface area contributed by atoms with Crippen molar-refractivity contribution in [2.24, 2.45) is 0 Å². The number of nitrogens with zero attached hydrogens (tertiary/aromatic N) is 1. The first-order chi connectivity index (χ1) is 8.29. The molecule has 90 valence electrons. The highest BCUT2D eigenvalue weighted by molar-refractivity contribution is 7.99. The topological polar surface area (TPSA) is 47.0 Å². The minimum Gasteiger partial charge on any atom is -0.497 e. The van der Waals surface area contributed by atoms with Crippen molar-refractivity contribution in [3.63, 3.8) is 0 Å². The zero-order valence-electron chi connectivity index (χ0n) is 9.60. The summed E-state index contributed by atoms with van der Waals surface area (Å²) in [6.07, 6.45) is 2.26. The predicted molar refractivity (Wildman–Crippen MR) is 69.8 cm³/mol. The van der Waals surface area contributed by atoms with Gasteiger partial charge in [-0.1, -0.05) is 0 Å². The van der Waals surface area contributed by atoms with Crippen molar-refractivity contribution in [2.75, 3.05) is 12.9 Å². The molecule has 0 radical (unpaired) electrons. The van der Waals surface area contributed by atoms with Crippen molar-refractivity contribution >= 4 is 22.8 Å². The van der Waals surface area contributed by atoms with Crippen LogP contribution in [0.3, 0.4) is 0 Å². The highest BCUT2D eigenvalue weighted by Crippen LogP contribution is 2.36. The van der Waals surface area contributed by atoms with Crippen LogP contribution in [0, 0.1) is 0 Å². The highest BCUT2D eigenvalue weighted by atomic mass is 32.2. The Labute approximate surface area is 103 Å². The van der Waals surface area contributed by atoms with Gasteiger partial charge in [-0.25, -0.2) is 4.79 Å². The third kappa shape index (κ3) is 1.74. The van der Waals surface area contributed by atoms with Gasteiger partial charge in [0.05, 0.1) is 23.5 Å². The molecule has 1 aliphatic rings. The van der Waals surface area contributed by atoms with Gasteiger partial charge in [-0.3, -0.25) is 4.57 Å². The number of thioether (sulfide) groups is 1. The number of fused-ring (bicyclic) bond motifs is 1. The largest absolute Gasteiger partial charge is 0.497 e. The van der Waals surface area contributed by atoms with E-state index in [1.807, 2.05) is 34.5 Å². The highest BCUT2D eigenvalue weighted by Gasteiger charge is 2.21. The van der Waals surface area contributed by atoms with E-state index in [1.165, 1.54) is 6.42 Å². The smallest absolute Gasteiger partial charge is 0.327 e. The fraction of sp³-hybridized carbons (Fsp3) is 0.417. The Kier molecular flexibility index (Phi) is 2.63. The van der Waals surface area contributed by atoms with Crippen LogP contribution >= 0.6 is 11.8 Å². The van der Waals surface area contributed by atoms with Gasteiger partial charge in [-0.2, -0.15) is 0 Å². The second-order valence-electron chi connectivity index (χ2n) is 4.15. The molecule has 17 heavy (non-hydrogen) atoms. The standard InChI is InChI=1S/C12H14N2O2S/c1-16-8-4-5-10-9(7-8)13-12(15)14(10)11-3-2-6-17-11/h4-5,7,11H,2-3,6H2,1H3,(H,13,15). The van der Waals surface area contributed by atoms with E-state index in [-0.39, 0.29) is 11.1 Å². The minimum absolute atomic E-state index is 0.0207. The van der Waals surface area contributed by atoms with E-state index in [1.54, 1.807) is 7.11 Å². The third-order valence-electron chi connectivity index (χ3n) is 3.12. The van der Waals surface area contributed by atoms with Gasteiger partial charge in [-0.15, -0.1) is 11.8 Å². The molecule has 0 saturated carbocycles. The Morgan fingerprint density at radius 3 is 3.12 bits per heavy atom. The molecule has 0 amide bonds. The number of rotatable bonds is 2. The van der Waals surface area contributed by atoms with E-state index in [0.29, 0.717) is 0 Å². The lowest BCUT2D eigenvalue weighted by Gasteiger charge is -2.10. The maximum absolute atomic E-state index is 12.0. The molecule has 2 aromatic rings. The van der Waals surface area contributed by atoms with Gasteiger partial charge < -0.3 is 9.72 Å². The summed E-state index contributed by atoms with van der Waals surface area (Å²) in [5.74, 6) is 1.91. The van der Waals surface area contributed by atoms with Crippen LogP contribution in [-0.4, -0.2) is 22.4 Å². The Morgan fingerprint density at radius 2 is 2.41 bits per heavy atom. The quantitative estimate of drug-likeness (QED) is 0.890. The molecule has 1 aromatic carbocycles. The average Bonchev–Trinajstić information content (AvgIpc) is 2.93. The summed E-state index contributed by atoms with van der Waals surface area (Å²) >= 11 is 1.85. The summed E-state index contributed by atoms with van der Waals surface area (Å²) in [5, 5.41) is 0.282. The molecule has 1 aliphatic heterocycles. The number of hydrogen-bond donors (Lipinski definition) is 1. The first-order valence-electron chi connectivity index (χ1n) is 5.69. The van der Waals surface area contributed by atoms with Crippen LogP contribution in [-0.2, 0) is 0 Å². The first kappa shape index (κ1) is 10.8. The molecule has 2 heterocycles. The van der Waals surface area contributed by atoms with Gasteiger partial charge in [-0.05, 0) is 30.7 Å². The van der Waals surface area contributed by atoms with Crippen LogP contribution in [0.15, 0.2) is 23.0 Å². The molecule has 0 spiro atoms. The summed E-state index contributed by atoms with van der Waals surface area (Å²) in [7, 11) is 1.63. The minimum atomic E-state index is -0.0207. The fourth-order valence-corrected chi connectivity index (χ4v) is 3.58. The van der Waals surface area contributed by atoms with Crippen LogP contribution < -0.4 is 10.4 Å². The van der Waals surface area contributed by atoms with Crippen molar-refractivity contribution in [1.29, 1.82) is 0 Å². The van der Waals surface area contributed by atoms with Crippen LogP contribution in [0.4, 0.5) is 0 Å². The van der Waals surface area contributed by atoms with Crippen molar-refractivity contribution < 1.29 is 4.74 Å². The van der Waals surface area contributed by atoms with Crippen molar-refractivity contribution in [1.82, 2.24) is 9.55 Å². The van der Waals surface area contributed by atoms with E-state index < -0.39 is 0 Å². The predicted octanol–water partition coefficient (Wildman–Crippen LogP) is 2.36. The monoisotopic (exact) mass is 250 g/mol. The summed E-state index contributed by atoms with van der Waals surface area (Å²) in [5.41, 5.74) is 1.80. The lowest BCUT2D eigenvalue weighted by atomic mass is 10.3. The molecule has 1 saturated heterocycles. The number of imidazole rings is 1. The number of methoxy groups -OCH3 is 1. The number of H-pyrrole nitrogens is 1. The van der Waals surface area contributed by atoms with E-state index in [0.717, 1.165) is 29.0 Å². The van der Waals surface area contributed by atoms with E-state index in [4.69, 9.17) is 4.74 Å². The number of aromatic amines is 1. The molecular weight excluding hydrogens is 236 g/mol. The Balaban J connectivity index is 2.17. The molecule has 1 atom stereocenters. The van der Waals surface area contributed by atoms with Crippen LogP contribution in [0.5, 0.6) is 5.75 Å². The van der Waals surface area contributed by atoms with Crippen LogP contribution in [0.25, 0.3) is 11.0 Å². The number of hydrogen-bond acceptors (Lipinski definition) is 3. The summed E-state index contributed by atoms with van der Waals surface area (Å²) in [4.78, 5) is 14.9. The number of ether oxygens (including phenoxy) is 1. The molecule has 1 fully saturated rings. The average molecular weight is 250 g/mol. The van der Waals surface area contributed by atoms with Gasteiger partial charge >= 0.3 is 5.69 Å². The maximum Gasteiger partial charge on any atom is 0.327 e. The lowest BCUT2D eigenvalue weighted by molar-refractivity contribution is 0.415. The van der Waals surface area contributed by atoms with E-state index >= 15 is 0 Å². The lowest BCUT2D eigenvalue weighted by Crippen LogP contribution is -2.18. The molecule has 1 aromatic heterocycles. The summed E-state index contributed by atoms with van der Waals surface area (Å²) in [6.45, 7) is 0. The summed E-state index contributed by atoms with van der Waals surface area (Å²) in [6, 6.07) is 5.71. The Bertz CT molecular complexity index is 596. The Morgan fingerprint density at radius 1 is 1.53 bits per heavy atom. The second-order valence-corrected chi connectivity index (χ2v) is 5.44. The molecule has 4 nitrogen and oxygen atoms in total. The van der Waals surface area contributed by atoms with Gasteiger partial charge in [0.1, 0.15) is 5.75 Å². The SMILES string of the molecule is COc1ccc2c(c1)[nH]c(=O)n2C1CCCS1. The van der Waals surface area contributed by atoms with Crippen LogP contribution in [0.1, 0.15) is 18.2 Å². The molecule has 1 N–H and O–H groups in total. The van der Waals surface area contributed by atoms with Gasteiger partial charge in [0, 0.05) is 6.07 Å². The maximum atomic E-state index is 12.0. The fourth-order valence-electron chi connectivity index (χ4n) is 2.29. The Hall–Kier alpha value is -1.36. The second kappa shape index (κ2) is 4.14. The summed E-state index contributed by atoms with van der Waals surface area (Å²) < 4.78 is 7.03. The molecule has 3 rings (SSSR count). The number of nitrogens with one attached hydrogen (secondary N) is 1. The van der Waals surface area contributed by atoms with Crippen molar-refractivity contribution in [3.8, 4) is 5.75 Å². The number of aromatic nitrogens is 2. The molecular formula is C12H14N2O2S. The van der Waals surface area contributed by atoms with Crippen LogP contribution in [0.2, 0.25) is 0 Å². The van der Waals surface area contributed by atoms with Gasteiger partial charge in [0.15, 0.2) is 0 Å². The number of benzene rings is 1. The van der Waals surface area contributed by atoms with Gasteiger partial charge in [0.25, 0.3) is 0 Å². The zero-order valence-corrected chi connectivity index (χ0v) is 10.4. The normalized spacial score (nSPS) is 19.9. The molecule has 1 unspecified atom stereocenters. The molecule has 5 heteroatoms.